The van der Waals surface area contributed by atoms with Crippen molar-refractivity contribution in [1.82, 2.24) is 19.9 Å². The van der Waals surface area contributed by atoms with E-state index in [0.717, 1.165) is 119 Å². The van der Waals surface area contributed by atoms with Crippen LogP contribution in [-0.4, -0.2) is 19.9 Å². The maximum atomic E-state index is 14.4. The van der Waals surface area contributed by atoms with Gasteiger partial charge in [0, 0.05) is 147 Å². The van der Waals surface area contributed by atoms with Gasteiger partial charge in [-0.2, -0.15) is 42.5 Å². The van der Waals surface area contributed by atoms with Crippen LogP contribution in [0.2, 0.25) is 0 Å². The van der Waals surface area contributed by atoms with Crippen molar-refractivity contribution in [2.24, 2.45) is 0 Å². The van der Waals surface area contributed by atoms with Crippen LogP contribution >= 0.6 is 0 Å². The number of hydrogen-bond donors (Lipinski definition) is 4. The number of aryl methyl sites for hydroxylation is 2. The van der Waals surface area contributed by atoms with E-state index in [9.17, 15) is 19.2 Å². The molecule has 0 saturated carbocycles. The molecule has 8 nitrogen and oxygen atoms in total. The first-order valence-electron chi connectivity index (χ1n) is 26.1. The maximum Gasteiger partial charge on any atom is 0.196 e. The van der Waals surface area contributed by atoms with Crippen molar-refractivity contribution in [3.05, 3.63) is 234 Å². The Hall–Kier alpha value is -8.23. The Bertz CT molecular complexity index is 6060. The number of H-pyrrole nitrogens is 4. The van der Waals surface area contributed by atoms with E-state index in [1.54, 1.807) is 0 Å². The van der Waals surface area contributed by atoms with Crippen LogP contribution in [0.25, 0.3) is 173 Å². The van der Waals surface area contributed by atoms with E-state index in [1.807, 2.05) is 133 Å². The van der Waals surface area contributed by atoms with Crippen LogP contribution in [0.5, 0.6) is 0 Å². The molecule has 0 spiro atoms. The molecule has 14 aromatic carbocycles. The van der Waals surface area contributed by atoms with Crippen LogP contribution in [0.1, 0.15) is 18.6 Å². The van der Waals surface area contributed by atoms with E-state index >= 15 is 0 Å². The average molecular weight is 1190 g/mol. The summed E-state index contributed by atoms with van der Waals surface area (Å²) in [5.74, 6) is 0. The summed E-state index contributed by atoms with van der Waals surface area (Å²) in [6, 6.07) is 61.9. The number of nitrogens with one attached hydrogen (secondary N) is 4. The van der Waals surface area contributed by atoms with Gasteiger partial charge in [0.05, 0.1) is 38.1 Å². The Kier molecular flexibility index (Phi) is 11.6. The monoisotopic (exact) mass is 1190 g/mol. The SMILES string of the molecule is C.Cc1ccc2[nH]c3c4c(=O)c5ccccc5c5c6c[c-]ccc6[nH]c(c6c(=O)c7ccccc7c(c2c1)c36)c45.Cc1ccc2c(c1)[nH]c1c3c(=O)c4ccccc4c4c5cc[c-]cc5[nH]c(c5c(=O)c6ccccc6c2c15)c34.[Y].[Y]. The molecule has 0 amide bonds. The van der Waals surface area contributed by atoms with Crippen LogP contribution in [0.4, 0.5) is 0 Å². The Morgan fingerprint density at radius 3 is 1.11 bits per heavy atom. The summed E-state index contributed by atoms with van der Waals surface area (Å²) < 4.78 is 0. The molecule has 0 fully saturated rings. The summed E-state index contributed by atoms with van der Waals surface area (Å²) in [5.41, 5.74) is 8.56. The predicted octanol–water partition coefficient (Wildman–Crippen LogP) is 16.3. The first-order chi connectivity index (χ1) is 38.2. The number of aromatic amines is 4. The van der Waals surface area contributed by atoms with Gasteiger partial charge < -0.3 is 19.9 Å². The predicted molar refractivity (Wildman–Crippen MR) is 332 cm³/mol. The van der Waals surface area contributed by atoms with E-state index in [0.29, 0.717) is 65.2 Å². The number of hydrogen-bond acceptors (Lipinski definition) is 4. The molecule has 18 aromatic rings. The van der Waals surface area contributed by atoms with Gasteiger partial charge in [-0.25, -0.2) is 0 Å². The van der Waals surface area contributed by atoms with Gasteiger partial charge in [-0.05, 0) is 64.5 Å². The molecule has 18 rings (SSSR count). The Morgan fingerprint density at radius 2 is 0.630 bits per heavy atom. The van der Waals surface area contributed by atoms with Crippen molar-refractivity contribution in [2.45, 2.75) is 21.3 Å². The topological polar surface area (TPSA) is 131 Å². The van der Waals surface area contributed by atoms with Crippen molar-refractivity contribution >= 4 is 173 Å². The fraction of sp³-hybridized carbons (Fsp3) is 0.0423. The first-order valence-corrected chi connectivity index (χ1v) is 26.1. The van der Waals surface area contributed by atoms with Crippen LogP contribution in [0.3, 0.4) is 0 Å². The van der Waals surface area contributed by atoms with Gasteiger partial charge in [-0.1, -0.05) is 145 Å². The average Bonchev–Trinajstić information content (AvgIpc) is 2.89. The number of benzene rings is 14. The third-order valence-corrected chi connectivity index (χ3v) is 16.9. The van der Waals surface area contributed by atoms with Gasteiger partial charge >= 0.3 is 0 Å². The third kappa shape index (κ3) is 6.73. The van der Waals surface area contributed by atoms with Gasteiger partial charge in [0.2, 0.25) is 0 Å². The summed E-state index contributed by atoms with van der Waals surface area (Å²) in [6.45, 7) is 4.14. The normalized spacial score (nSPS) is 12.0. The standard InChI is InChI=1S/2C35H19N2O2.CH4.2Y/c1-17-14-15-25-23(16-17)27-19-9-3-5-11-21(19)35(39)31-29(27)33(37-25)30-28-26(18-8-2-4-10-20(18)34(30)38)22-12-6-7-13-24(22)36-32(28)31;1-17-14-15-23-25(16-17)37-33-29-27(23)19-9-3-5-11-21(19)34(38)30(29)32-28-26(22-12-6-7-13-24(22)36-32)18-8-2-4-10-20(18)35(39)31(28)33;;;/h2-5,7-16,36-37H,1H3;2-6,8-16,36-37H,1H3;1H4;;/q2*-1;;;. The maximum absolute atomic E-state index is 14.4. The summed E-state index contributed by atoms with van der Waals surface area (Å²) in [6.07, 6.45) is 0. The van der Waals surface area contributed by atoms with Crippen LogP contribution in [-0.2, 0) is 65.4 Å². The molecule has 10 heteroatoms. The zero-order chi connectivity index (χ0) is 52.0. The van der Waals surface area contributed by atoms with Gasteiger partial charge in [0.25, 0.3) is 0 Å². The van der Waals surface area contributed by atoms with E-state index in [2.05, 4.69) is 82.3 Å². The van der Waals surface area contributed by atoms with Crippen molar-refractivity contribution in [1.29, 1.82) is 0 Å². The molecule has 0 aliphatic heterocycles. The van der Waals surface area contributed by atoms with Crippen LogP contribution < -0.4 is 21.7 Å². The number of pyridine rings is 4. The molecule has 81 heavy (non-hydrogen) atoms. The van der Waals surface area contributed by atoms with Crippen LogP contribution in [0.15, 0.2) is 189 Å². The third-order valence-electron chi connectivity index (χ3n) is 16.9. The zero-order valence-corrected chi connectivity index (χ0v) is 48.6. The zero-order valence-electron chi connectivity index (χ0n) is 43.0. The largest absolute Gasteiger partial charge is 0.407 e. The van der Waals surface area contributed by atoms with Gasteiger partial charge in [0.1, 0.15) is 0 Å². The molecule has 4 heterocycles. The Labute approximate surface area is 509 Å². The van der Waals surface area contributed by atoms with Gasteiger partial charge in [-0.15, -0.1) is 16.8 Å². The molecule has 378 valence electrons. The minimum absolute atomic E-state index is 0. The second-order valence-corrected chi connectivity index (χ2v) is 21.0. The molecular formula is C71H42N4O4Y2-2. The number of aromatic nitrogens is 4. The van der Waals surface area contributed by atoms with E-state index in [4.69, 9.17) is 0 Å². The molecule has 0 atom stereocenters. The van der Waals surface area contributed by atoms with Crippen molar-refractivity contribution in [2.75, 3.05) is 0 Å². The minimum Gasteiger partial charge on any atom is -0.407 e. The minimum atomic E-state index is -0.0396. The van der Waals surface area contributed by atoms with Crippen LogP contribution in [0, 0.1) is 26.0 Å². The first kappa shape index (κ1) is 51.0. The smallest absolute Gasteiger partial charge is 0.196 e. The number of rotatable bonds is 0. The van der Waals surface area contributed by atoms with Crippen molar-refractivity contribution in [3.8, 4) is 0 Å². The molecule has 0 unspecified atom stereocenters. The summed E-state index contributed by atoms with van der Waals surface area (Å²) in [5, 5.41) is 19.8. The molecule has 0 bridgehead atoms. The van der Waals surface area contributed by atoms with Crippen molar-refractivity contribution in [3.63, 3.8) is 0 Å². The second kappa shape index (κ2) is 18.4. The molecule has 0 saturated heterocycles. The number of fused-ring (bicyclic) bond motifs is 20. The van der Waals surface area contributed by atoms with Gasteiger partial charge in [-0.3, -0.25) is 19.2 Å². The van der Waals surface area contributed by atoms with E-state index < -0.39 is 0 Å². The molecule has 0 aliphatic rings. The molecule has 4 aromatic heterocycles. The Morgan fingerprint density at radius 1 is 0.284 bits per heavy atom. The van der Waals surface area contributed by atoms with E-state index in [1.165, 1.54) is 0 Å². The van der Waals surface area contributed by atoms with E-state index in [-0.39, 0.29) is 94.6 Å². The Balaban J connectivity index is 0.000000140. The van der Waals surface area contributed by atoms with Crippen molar-refractivity contribution < 1.29 is 65.4 Å². The van der Waals surface area contributed by atoms with Gasteiger partial charge in [0.15, 0.2) is 21.7 Å². The summed E-state index contributed by atoms with van der Waals surface area (Å²) in [4.78, 5) is 71.9. The fourth-order valence-corrected chi connectivity index (χ4v) is 13.7. The molecule has 0 aliphatic carbocycles. The summed E-state index contributed by atoms with van der Waals surface area (Å²) in [7, 11) is 0. The summed E-state index contributed by atoms with van der Waals surface area (Å²) >= 11 is 0. The molecule has 2 radical (unpaired) electrons. The molecular weight excluding hydrogens is 1150 g/mol. The second-order valence-electron chi connectivity index (χ2n) is 21.0. The molecule has 4 N–H and O–H groups in total. The quantitative estimate of drug-likeness (QED) is 0.0684. The fourth-order valence-electron chi connectivity index (χ4n) is 13.7.